The van der Waals surface area contributed by atoms with Gasteiger partial charge in [0.2, 0.25) is 5.91 Å². The molecule has 0 aromatic rings. The van der Waals surface area contributed by atoms with Crippen molar-refractivity contribution < 1.29 is 4.79 Å². The highest BCUT2D eigenvalue weighted by Crippen LogP contribution is 2.37. The molecule has 0 aromatic carbocycles. The Morgan fingerprint density at radius 1 is 1.39 bits per heavy atom. The molecule has 2 aliphatic heterocycles. The van der Waals surface area contributed by atoms with E-state index in [4.69, 9.17) is 0 Å². The minimum atomic E-state index is -0.189. The van der Waals surface area contributed by atoms with Crippen LogP contribution in [0.2, 0.25) is 0 Å². The van der Waals surface area contributed by atoms with Crippen molar-refractivity contribution in [3.63, 3.8) is 0 Å². The summed E-state index contributed by atoms with van der Waals surface area (Å²) in [6.45, 7) is 3.08. The number of nitrogens with one attached hydrogen (secondary N) is 1. The molecule has 2 heterocycles. The van der Waals surface area contributed by atoms with Crippen LogP contribution in [0.4, 0.5) is 0 Å². The molecule has 1 aliphatic carbocycles. The standard InChI is InChI=1S/C13H22N2OS2/c1-10-14-13(4-2-3-5-13)12(16)15(10)8-11-9-17-6-7-18-11/h10-11,14H,2-9H2,1H3. The summed E-state index contributed by atoms with van der Waals surface area (Å²) in [6, 6.07) is 0. The summed E-state index contributed by atoms with van der Waals surface area (Å²) in [5.74, 6) is 4.09. The summed E-state index contributed by atoms with van der Waals surface area (Å²) in [5.41, 5.74) is -0.189. The second-order valence-corrected chi connectivity index (χ2v) is 8.19. The number of amides is 1. The Hall–Kier alpha value is 0.130. The first kappa shape index (κ1) is 13.1. The number of thioether (sulfide) groups is 2. The molecule has 2 unspecified atom stereocenters. The van der Waals surface area contributed by atoms with E-state index >= 15 is 0 Å². The molecule has 0 bridgehead atoms. The lowest BCUT2D eigenvalue weighted by molar-refractivity contribution is -0.133. The predicted molar refractivity (Wildman–Crippen MR) is 79.1 cm³/mol. The minimum absolute atomic E-state index is 0.189. The Morgan fingerprint density at radius 3 is 2.83 bits per heavy atom. The van der Waals surface area contributed by atoms with Gasteiger partial charge in [-0.05, 0) is 19.8 Å². The Bertz CT molecular complexity index is 325. The molecule has 0 radical (unpaired) electrons. The molecule has 2 atom stereocenters. The van der Waals surface area contributed by atoms with Gasteiger partial charge >= 0.3 is 0 Å². The van der Waals surface area contributed by atoms with Crippen molar-refractivity contribution in [3.8, 4) is 0 Å². The summed E-state index contributed by atoms with van der Waals surface area (Å²) in [4.78, 5) is 14.8. The van der Waals surface area contributed by atoms with Gasteiger partial charge in [0.05, 0.1) is 11.7 Å². The van der Waals surface area contributed by atoms with Crippen molar-refractivity contribution in [2.45, 2.75) is 49.6 Å². The van der Waals surface area contributed by atoms with E-state index in [-0.39, 0.29) is 11.7 Å². The van der Waals surface area contributed by atoms with E-state index in [1.165, 1.54) is 30.1 Å². The average Bonchev–Trinajstić information content (AvgIpc) is 2.93. The van der Waals surface area contributed by atoms with Gasteiger partial charge in [-0.25, -0.2) is 0 Å². The van der Waals surface area contributed by atoms with Gasteiger partial charge in [0.25, 0.3) is 0 Å². The van der Waals surface area contributed by atoms with Crippen LogP contribution in [-0.4, -0.2) is 51.6 Å². The molecule has 1 saturated carbocycles. The van der Waals surface area contributed by atoms with Crippen molar-refractivity contribution in [2.24, 2.45) is 0 Å². The highest BCUT2D eigenvalue weighted by atomic mass is 32.2. The first-order valence-corrected chi connectivity index (χ1v) is 9.20. The zero-order chi connectivity index (χ0) is 12.6. The lowest BCUT2D eigenvalue weighted by atomic mass is 9.98. The Kier molecular flexibility index (Phi) is 3.83. The smallest absolute Gasteiger partial charge is 0.244 e. The summed E-state index contributed by atoms with van der Waals surface area (Å²) in [6.07, 6.45) is 4.71. The first-order chi connectivity index (χ1) is 8.71. The highest BCUT2D eigenvalue weighted by Gasteiger charge is 2.51. The number of carbonyl (C=O) groups is 1. The number of carbonyl (C=O) groups excluding carboxylic acids is 1. The van der Waals surface area contributed by atoms with Crippen LogP contribution in [0.25, 0.3) is 0 Å². The van der Waals surface area contributed by atoms with Gasteiger partial charge in [-0.1, -0.05) is 12.8 Å². The number of nitrogens with zero attached hydrogens (tertiary/aromatic N) is 1. The van der Waals surface area contributed by atoms with Crippen LogP contribution >= 0.6 is 23.5 Å². The molecule has 1 N–H and O–H groups in total. The maximum Gasteiger partial charge on any atom is 0.244 e. The predicted octanol–water partition coefficient (Wildman–Crippen LogP) is 1.93. The molecule has 5 heteroatoms. The van der Waals surface area contributed by atoms with Gasteiger partial charge in [-0.15, -0.1) is 0 Å². The van der Waals surface area contributed by atoms with Crippen molar-refractivity contribution in [1.29, 1.82) is 0 Å². The quantitative estimate of drug-likeness (QED) is 0.841. The van der Waals surface area contributed by atoms with Crippen LogP contribution in [0.15, 0.2) is 0 Å². The first-order valence-electron chi connectivity index (χ1n) is 6.99. The van der Waals surface area contributed by atoms with E-state index < -0.39 is 0 Å². The molecule has 1 spiro atoms. The van der Waals surface area contributed by atoms with Crippen molar-refractivity contribution in [2.75, 3.05) is 23.8 Å². The molecule has 1 amide bonds. The zero-order valence-corrected chi connectivity index (χ0v) is 12.6. The summed E-state index contributed by atoms with van der Waals surface area (Å²) < 4.78 is 0. The molecule has 3 rings (SSSR count). The lowest BCUT2D eigenvalue weighted by Gasteiger charge is -2.29. The van der Waals surface area contributed by atoms with Crippen LogP contribution in [0.3, 0.4) is 0 Å². The van der Waals surface area contributed by atoms with Crippen molar-refractivity contribution in [1.82, 2.24) is 10.2 Å². The minimum Gasteiger partial charge on any atom is -0.325 e. The summed E-state index contributed by atoms with van der Waals surface area (Å²) in [5, 5.41) is 4.21. The highest BCUT2D eigenvalue weighted by molar-refractivity contribution is 8.06. The van der Waals surface area contributed by atoms with Crippen LogP contribution in [-0.2, 0) is 4.79 Å². The Labute approximate surface area is 118 Å². The molecule has 102 valence electrons. The third kappa shape index (κ3) is 2.29. The zero-order valence-electron chi connectivity index (χ0n) is 11.0. The second-order valence-electron chi connectivity index (χ2n) is 5.63. The lowest BCUT2D eigenvalue weighted by Crippen LogP contribution is -2.44. The SMILES string of the molecule is CC1NC2(CCCC2)C(=O)N1CC1CSCCS1. The van der Waals surface area contributed by atoms with Gasteiger partial charge < -0.3 is 4.90 Å². The summed E-state index contributed by atoms with van der Waals surface area (Å²) >= 11 is 4.08. The molecule has 0 aromatic heterocycles. The van der Waals surface area contributed by atoms with E-state index in [1.807, 2.05) is 23.5 Å². The van der Waals surface area contributed by atoms with E-state index in [2.05, 4.69) is 17.1 Å². The van der Waals surface area contributed by atoms with E-state index in [1.54, 1.807) is 0 Å². The average molecular weight is 286 g/mol. The maximum atomic E-state index is 12.7. The van der Waals surface area contributed by atoms with Crippen LogP contribution in [0.5, 0.6) is 0 Å². The molecule has 3 nitrogen and oxygen atoms in total. The van der Waals surface area contributed by atoms with Gasteiger partial charge in [0.1, 0.15) is 0 Å². The van der Waals surface area contributed by atoms with Crippen LogP contribution in [0, 0.1) is 0 Å². The van der Waals surface area contributed by atoms with Crippen LogP contribution < -0.4 is 5.32 Å². The topological polar surface area (TPSA) is 32.3 Å². The fourth-order valence-electron chi connectivity index (χ4n) is 3.43. The van der Waals surface area contributed by atoms with Crippen LogP contribution in [0.1, 0.15) is 32.6 Å². The van der Waals surface area contributed by atoms with Gasteiger partial charge in [-0.3, -0.25) is 10.1 Å². The number of hydrogen-bond acceptors (Lipinski definition) is 4. The number of rotatable bonds is 2. The van der Waals surface area contributed by atoms with Crippen molar-refractivity contribution in [3.05, 3.63) is 0 Å². The summed E-state index contributed by atoms with van der Waals surface area (Å²) in [7, 11) is 0. The fraction of sp³-hybridized carbons (Fsp3) is 0.923. The third-order valence-corrected chi connectivity index (χ3v) is 7.19. The van der Waals surface area contributed by atoms with Gasteiger partial charge in [-0.2, -0.15) is 23.5 Å². The fourth-order valence-corrected chi connectivity index (χ4v) is 6.09. The normalized spacial score (nSPS) is 35.6. The van der Waals surface area contributed by atoms with E-state index in [0.29, 0.717) is 11.2 Å². The maximum absolute atomic E-state index is 12.7. The molecule has 18 heavy (non-hydrogen) atoms. The molecule has 3 fully saturated rings. The molecular weight excluding hydrogens is 264 g/mol. The second kappa shape index (κ2) is 5.25. The Morgan fingerprint density at radius 2 is 2.17 bits per heavy atom. The molecular formula is C13H22N2OS2. The largest absolute Gasteiger partial charge is 0.325 e. The molecule has 2 saturated heterocycles. The van der Waals surface area contributed by atoms with Gasteiger partial charge in [0.15, 0.2) is 0 Å². The van der Waals surface area contributed by atoms with Gasteiger partial charge in [0, 0.05) is 29.1 Å². The Balaban J connectivity index is 1.66. The monoisotopic (exact) mass is 286 g/mol. The number of hydrogen-bond donors (Lipinski definition) is 1. The van der Waals surface area contributed by atoms with Crippen molar-refractivity contribution >= 4 is 29.4 Å². The third-order valence-electron chi connectivity index (χ3n) is 4.37. The van der Waals surface area contributed by atoms with E-state index in [9.17, 15) is 4.79 Å². The van der Waals surface area contributed by atoms with E-state index in [0.717, 1.165) is 19.4 Å². The molecule has 3 aliphatic rings.